The molecule has 0 saturated heterocycles. The van der Waals surface area contributed by atoms with Crippen LogP contribution < -0.4 is 19.9 Å². The summed E-state index contributed by atoms with van der Waals surface area (Å²) in [6, 6.07) is 1.95. The van der Waals surface area contributed by atoms with Crippen molar-refractivity contribution in [2.24, 2.45) is 0 Å². The summed E-state index contributed by atoms with van der Waals surface area (Å²) in [6.45, 7) is 0. The highest BCUT2D eigenvalue weighted by Gasteiger charge is 2.47. The number of alkyl halides is 3. The first-order valence-electron chi connectivity index (χ1n) is 7.60. The van der Waals surface area contributed by atoms with Crippen LogP contribution in [0.25, 0.3) is 0 Å². The molecule has 1 aromatic carbocycles. The Morgan fingerprint density at radius 1 is 1.31 bits per heavy atom. The average Bonchev–Trinajstić information content (AvgIpc) is 3.03. The van der Waals surface area contributed by atoms with E-state index in [1.165, 1.54) is 14.2 Å². The molecule has 1 aliphatic rings. The largest absolute Gasteiger partial charge is 0.545 e. The number of hydrogen-bond acceptors (Lipinski definition) is 6. The monoisotopic (exact) mass is 370 g/mol. The summed E-state index contributed by atoms with van der Waals surface area (Å²) in [7, 11) is 2.86. The van der Waals surface area contributed by atoms with Crippen LogP contribution in [0.15, 0.2) is 24.4 Å². The van der Waals surface area contributed by atoms with Crippen LogP contribution in [0.4, 0.5) is 19.0 Å². The normalized spacial score (nSPS) is 19.4. The molecule has 2 atom stereocenters. The first-order chi connectivity index (χ1) is 12.3. The van der Waals surface area contributed by atoms with E-state index in [9.17, 15) is 23.1 Å². The lowest BCUT2D eigenvalue weighted by Crippen LogP contribution is -2.36. The molecule has 0 fully saturated rings. The third-order valence-corrected chi connectivity index (χ3v) is 4.27. The Morgan fingerprint density at radius 3 is 2.58 bits per heavy atom. The van der Waals surface area contributed by atoms with Crippen LogP contribution in [0.3, 0.4) is 0 Å². The van der Waals surface area contributed by atoms with E-state index in [2.05, 4.69) is 10.4 Å². The number of hydrogen-bond donors (Lipinski definition) is 1. The number of carboxylic acid groups (broad SMARTS) is 1. The van der Waals surface area contributed by atoms with Crippen molar-refractivity contribution in [3.05, 3.63) is 35.5 Å². The van der Waals surface area contributed by atoms with Crippen molar-refractivity contribution >= 4 is 11.8 Å². The van der Waals surface area contributed by atoms with Gasteiger partial charge < -0.3 is 24.7 Å². The maximum atomic E-state index is 13.5. The molecular weight excluding hydrogens is 355 g/mol. The number of methoxy groups -OCH3 is 2. The Bertz CT molecular complexity index is 835. The van der Waals surface area contributed by atoms with Crippen LogP contribution in [-0.4, -0.2) is 36.1 Å². The van der Waals surface area contributed by atoms with E-state index in [1.807, 2.05) is 0 Å². The number of anilines is 1. The fraction of sp³-hybridized carbons (Fsp3) is 0.375. The van der Waals surface area contributed by atoms with Gasteiger partial charge in [0.1, 0.15) is 5.82 Å². The number of benzene rings is 1. The second kappa shape index (κ2) is 6.43. The second-order valence-electron chi connectivity index (χ2n) is 5.74. The van der Waals surface area contributed by atoms with E-state index in [-0.39, 0.29) is 12.2 Å². The van der Waals surface area contributed by atoms with Gasteiger partial charge >= 0.3 is 6.18 Å². The van der Waals surface area contributed by atoms with Crippen molar-refractivity contribution in [2.45, 2.75) is 24.7 Å². The van der Waals surface area contributed by atoms with Crippen molar-refractivity contribution < 1.29 is 32.5 Å². The zero-order valence-electron chi connectivity index (χ0n) is 13.8. The van der Waals surface area contributed by atoms with E-state index < -0.39 is 29.8 Å². The van der Waals surface area contributed by atoms with Gasteiger partial charge in [-0.05, 0) is 17.7 Å². The Hall–Kier alpha value is -2.91. The summed E-state index contributed by atoms with van der Waals surface area (Å²) in [5.74, 6) is -1.06. The minimum absolute atomic E-state index is 0.238. The van der Waals surface area contributed by atoms with Gasteiger partial charge in [0.05, 0.1) is 38.0 Å². The number of carbonyl (C=O) groups is 1. The van der Waals surface area contributed by atoms with E-state index >= 15 is 0 Å². The molecule has 0 unspecified atom stereocenters. The summed E-state index contributed by atoms with van der Waals surface area (Å²) >= 11 is 0. The second-order valence-corrected chi connectivity index (χ2v) is 5.74. The number of ether oxygens (including phenoxy) is 2. The molecule has 3 rings (SSSR count). The standard InChI is InChI=1S/C16H16F3N3O4/c1-25-11-4-3-8(5-12(11)26-2)10-6-13(16(17,18)19)22-14(21-10)9(7-20-22)15(23)24/h3-5,7,10,13,21H,6H2,1-2H3,(H,23,24)/p-1/t10-,13+/m0/s1. The number of carboxylic acids is 1. The van der Waals surface area contributed by atoms with E-state index in [0.29, 0.717) is 21.7 Å². The summed E-state index contributed by atoms with van der Waals surface area (Å²) in [4.78, 5) is 11.2. The van der Waals surface area contributed by atoms with Crippen molar-refractivity contribution in [1.29, 1.82) is 0 Å². The number of rotatable bonds is 4. The van der Waals surface area contributed by atoms with Crippen molar-refractivity contribution in [3.63, 3.8) is 0 Å². The minimum Gasteiger partial charge on any atom is -0.545 e. The molecule has 140 valence electrons. The minimum atomic E-state index is -4.60. The molecule has 0 radical (unpaired) electrons. The van der Waals surface area contributed by atoms with Gasteiger partial charge in [-0.3, -0.25) is 0 Å². The molecule has 26 heavy (non-hydrogen) atoms. The highest BCUT2D eigenvalue weighted by Crippen LogP contribution is 2.45. The van der Waals surface area contributed by atoms with Crippen LogP contribution in [0.5, 0.6) is 11.5 Å². The lowest BCUT2D eigenvalue weighted by atomic mass is 9.96. The van der Waals surface area contributed by atoms with Crippen LogP contribution in [0.1, 0.15) is 34.4 Å². The fourth-order valence-electron chi connectivity index (χ4n) is 3.00. The number of nitrogens with one attached hydrogen (secondary N) is 1. The topological polar surface area (TPSA) is 88.4 Å². The lowest BCUT2D eigenvalue weighted by molar-refractivity contribution is -0.255. The molecule has 1 aromatic heterocycles. The van der Waals surface area contributed by atoms with Gasteiger partial charge in [0.25, 0.3) is 0 Å². The van der Waals surface area contributed by atoms with Crippen LogP contribution in [0, 0.1) is 0 Å². The van der Waals surface area contributed by atoms with Gasteiger partial charge in [0.15, 0.2) is 17.5 Å². The zero-order chi connectivity index (χ0) is 19.1. The quantitative estimate of drug-likeness (QED) is 0.885. The summed E-state index contributed by atoms with van der Waals surface area (Å²) < 4.78 is 51.4. The molecule has 0 amide bonds. The molecule has 2 aromatic rings. The number of fused-ring (bicyclic) bond motifs is 1. The van der Waals surface area contributed by atoms with E-state index in [0.717, 1.165) is 6.20 Å². The molecule has 0 bridgehead atoms. The molecule has 0 saturated carbocycles. The Kier molecular flexibility index (Phi) is 4.43. The molecule has 1 N–H and O–H groups in total. The Labute approximate surface area is 146 Å². The fourth-order valence-corrected chi connectivity index (χ4v) is 3.00. The van der Waals surface area contributed by atoms with Crippen molar-refractivity contribution in [1.82, 2.24) is 9.78 Å². The number of carbonyl (C=O) groups excluding carboxylic acids is 1. The zero-order valence-corrected chi connectivity index (χ0v) is 13.8. The van der Waals surface area contributed by atoms with Gasteiger partial charge in [-0.15, -0.1) is 0 Å². The Morgan fingerprint density at radius 2 is 2.00 bits per heavy atom. The number of aromatic nitrogens is 2. The van der Waals surface area contributed by atoms with Crippen molar-refractivity contribution in [2.75, 3.05) is 19.5 Å². The third kappa shape index (κ3) is 3.02. The first-order valence-corrected chi connectivity index (χ1v) is 7.60. The average molecular weight is 370 g/mol. The molecule has 1 aliphatic heterocycles. The third-order valence-electron chi connectivity index (χ3n) is 4.27. The van der Waals surface area contributed by atoms with Gasteiger partial charge in [-0.2, -0.15) is 18.3 Å². The molecule has 0 spiro atoms. The van der Waals surface area contributed by atoms with Gasteiger partial charge in [0.2, 0.25) is 0 Å². The van der Waals surface area contributed by atoms with E-state index in [1.54, 1.807) is 18.2 Å². The molecule has 2 heterocycles. The van der Waals surface area contributed by atoms with Crippen molar-refractivity contribution in [3.8, 4) is 11.5 Å². The molecule has 10 heteroatoms. The molecular formula is C16H15F3N3O4-. The van der Waals surface area contributed by atoms with E-state index in [4.69, 9.17) is 9.47 Å². The summed E-state index contributed by atoms with van der Waals surface area (Å²) in [5, 5.41) is 17.6. The molecule has 7 nitrogen and oxygen atoms in total. The van der Waals surface area contributed by atoms with Gasteiger partial charge in [0, 0.05) is 6.42 Å². The number of halogens is 3. The van der Waals surface area contributed by atoms with Crippen LogP contribution in [0.2, 0.25) is 0 Å². The van der Waals surface area contributed by atoms with Crippen LogP contribution >= 0.6 is 0 Å². The maximum Gasteiger partial charge on any atom is 0.410 e. The van der Waals surface area contributed by atoms with Gasteiger partial charge in [-0.25, -0.2) is 4.68 Å². The maximum absolute atomic E-state index is 13.5. The Balaban J connectivity index is 2.05. The molecule has 0 aliphatic carbocycles. The highest BCUT2D eigenvalue weighted by molar-refractivity contribution is 5.91. The van der Waals surface area contributed by atoms with Crippen LogP contribution in [-0.2, 0) is 0 Å². The first kappa shape index (κ1) is 17.9. The SMILES string of the molecule is COc1ccc([C@@H]2C[C@H](C(F)(F)F)n3ncc(C(=O)[O-])c3N2)cc1OC. The predicted octanol–water partition coefficient (Wildman–Crippen LogP) is 1.92. The smallest absolute Gasteiger partial charge is 0.410 e. The van der Waals surface area contributed by atoms with Gasteiger partial charge in [-0.1, -0.05) is 6.07 Å². The number of aromatic carboxylic acids is 1. The summed E-state index contributed by atoms with van der Waals surface area (Å²) in [5.41, 5.74) is 0.0677. The summed E-state index contributed by atoms with van der Waals surface area (Å²) in [6.07, 6.45) is -4.10. The number of nitrogens with zero attached hydrogens (tertiary/aromatic N) is 2. The predicted molar refractivity (Wildman–Crippen MR) is 82.2 cm³/mol. The highest BCUT2D eigenvalue weighted by atomic mass is 19.4. The lowest BCUT2D eigenvalue weighted by Gasteiger charge is -2.34.